The Kier molecular flexibility index (Phi) is 2.83. The molecule has 2 heteroatoms. The molecule has 0 aromatic heterocycles. The van der Waals surface area contributed by atoms with Crippen LogP contribution in [0.5, 0.6) is 0 Å². The van der Waals surface area contributed by atoms with Gasteiger partial charge in [-0.1, -0.05) is 0 Å². The van der Waals surface area contributed by atoms with Gasteiger partial charge in [0.2, 0.25) is 0 Å². The van der Waals surface area contributed by atoms with Crippen molar-refractivity contribution in [3.63, 3.8) is 0 Å². The molecule has 0 aliphatic heterocycles. The van der Waals surface area contributed by atoms with Gasteiger partial charge in [0.1, 0.15) is 0 Å². The van der Waals surface area contributed by atoms with Gasteiger partial charge in [0.05, 0.1) is 0 Å². The van der Waals surface area contributed by atoms with E-state index in [4.69, 9.17) is 0 Å². The Bertz CT molecular complexity index is 218. The molecule has 0 radical (unpaired) electrons. The molecule has 0 atom stereocenters. The molecule has 10 heavy (non-hydrogen) atoms. The monoisotopic (exact) mass is 171 g/mol. The average Bonchev–Trinajstić information content (AvgIpc) is 2.05. The van der Waals surface area contributed by atoms with Crippen LogP contribution in [0.1, 0.15) is 5.56 Å². The van der Waals surface area contributed by atoms with Crippen LogP contribution in [-0.4, -0.2) is 11.6 Å². The normalized spacial score (nSPS) is 9.30. The molecule has 52 valence electrons. The third-order valence-electron chi connectivity index (χ3n) is 1.26. The van der Waals surface area contributed by atoms with Crippen LogP contribution in [0.25, 0.3) is 0 Å². The van der Waals surface area contributed by atoms with E-state index in [0.717, 1.165) is 4.50 Å². The summed E-state index contributed by atoms with van der Waals surface area (Å²) in [7, 11) is 1.90. The second-order valence-corrected chi connectivity index (χ2v) is 2.58. The van der Waals surface area contributed by atoms with Crippen LogP contribution >= 0.6 is 0 Å². The van der Waals surface area contributed by atoms with Crippen LogP contribution < -0.4 is 5.32 Å². The van der Waals surface area contributed by atoms with Gasteiger partial charge in [0.15, 0.2) is 0 Å². The zero-order chi connectivity index (χ0) is 7.40. The van der Waals surface area contributed by atoms with Crippen molar-refractivity contribution >= 4 is 4.50 Å². The second-order valence-electron chi connectivity index (χ2n) is 1.95. The van der Waals surface area contributed by atoms with Crippen molar-refractivity contribution in [2.24, 2.45) is 0 Å². The predicted molar refractivity (Wildman–Crippen MR) is 39.6 cm³/mol. The third kappa shape index (κ3) is 1.78. The number of hydrogen-bond acceptors (Lipinski definition) is 1. The summed E-state index contributed by atoms with van der Waals surface area (Å²) in [6.07, 6.45) is 0. The Hall–Kier alpha value is -0.418. The van der Waals surface area contributed by atoms with E-state index in [0.29, 0.717) is 0 Å². The molecular formula is C8H9CrN. The molecule has 0 saturated carbocycles. The fourth-order valence-electron chi connectivity index (χ4n) is 0.734. The first-order chi connectivity index (χ1) is 4.84. The van der Waals surface area contributed by atoms with Crippen LogP contribution in [0.4, 0.5) is 0 Å². The van der Waals surface area contributed by atoms with Gasteiger partial charge in [0.25, 0.3) is 0 Å². The van der Waals surface area contributed by atoms with Crippen molar-refractivity contribution in [3.05, 3.63) is 35.9 Å². The third-order valence-corrected chi connectivity index (χ3v) is 1.95. The first-order valence-corrected chi connectivity index (χ1v) is 3.75. The maximum atomic E-state index is 3.04. The van der Waals surface area contributed by atoms with Crippen molar-refractivity contribution in [3.8, 4) is 0 Å². The van der Waals surface area contributed by atoms with Crippen molar-refractivity contribution in [1.29, 1.82) is 0 Å². The van der Waals surface area contributed by atoms with E-state index in [9.17, 15) is 0 Å². The van der Waals surface area contributed by atoms with Gasteiger partial charge in [-0.2, -0.15) is 0 Å². The number of hydrogen-bond donors (Lipinski definition) is 1. The SMILES string of the molecule is CN[C](=[Cr])c1ccccc1. The molecule has 1 rings (SSSR count). The summed E-state index contributed by atoms with van der Waals surface area (Å²) in [5, 5.41) is 3.04. The molecule has 0 amide bonds. The number of nitrogens with one attached hydrogen (secondary N) is 1. The summed E-state index contributed by atoms with van der Waals surface area (Å²) in [6.45, 7) is 0. The molecule has 0 aliphatic rings. The van der Waals surface area contributed by atoms with E-state index < -0.39 is 0 Å². The topological polar surface area (TPSA) is 12.0 Å². The standard InChI is InChI=1S/C8H9N.Cr/c1-9-7-8-5-3-2-4-6-8;/h2-6,9H,1H3;. The summed E-state index contributed by atoms with van der Waals surface area (Å²) in [5.74, 6) is 0. The molecule has 0 heterocycles. The van der Waals surface area contributed by atoms with Gasteiger partial charge in [-0.3, -0.25) is 0 Å². The van der Waals surface area contributed by atoms with E-state index >= 15 is 0 Å². The number of benzene rings is 1. The van der Waals surface area contributed by atoms with Crippen molar-refractivity contribution in [2.45, 2.75) is 0 Å². The summed E-state index contributed by atoms with van der Waals surface area (Å²) >= 11 is 2.95. The molecule has 0 aliphatic carbocycles. The second kappa shape index (κ2) is 3.68. The van der Waals surface area contributed by atoms with Crippen LogP contribution in [0.3, 0.4) is 0 Å². The Morgan fingerprint density at radius 1 is 1.30 bits per heavy atom. The number of rotatable bonds is 2. The van der Waals surface area contributed by atoms with E-state index in [-0.39, 0.29) is 0 Å². The summed E-state index contributed by atoms with van der Waals surface area (Å²) < 4.78 is 1.08. The fraction of sp³-hybridized carbons (Fsp3) is 0.125. The molecule has 1 nitrogen and oxygen atoms in total. The van der Waals surface area contributed by atoms with Crippen LogP contribution in [0.15, 0.2) is 30.3 Å². The molecular weight excluding hydrogens is 162 g/mol. The summed E-state index contributed by atoms with van der Waals surface area (Å²) in [5.41, 5.74) is 1.20. The van der Waals surface area contributed by atoms with Crippen LogP contribution in [0.2, 0.25) is 0 Å². The zero-order valence-electron chi connectivity index (χ0n) is 5.79. The molecule has 0 saturated heterocycles. The first kappa shape index (κ1) is 7.69. The minimum atomic E-state index is 1.08. The molecule has 1 N–H and O–H groups in total. The molecule has 1 aromatic rings. The van der Waals surface area contributed by atoms with Crippen molar-refractivity contribution in [2.75, 3.05) is 7.05 Å². The van der Waals surface area contributed by atoms with Crippen molar-refractivity contribution < 1.29 is 15.9 Å². The van der Waals surface area contributed by atoms with Crippen molar-refractivity contribution in [1.82, 2.24) is 5.32 Å². The van der Waals surface area contributed by atoms with E-state index in [2.05, 4.69) is 33.3 Å². The molecule has 0 bridgehead atoms. The summed E-state index contributed by atoms with van der Waals surface area (Å²) in [6, 6.07) is 10.2. The van der Waals surface area contributed by atoms with Gasteiger partial charge in [-0.05, 0) is 0 Å². The Morgan fingerprint density at radius 2 is 1.90 bits per heavy atom. The Morgan fingerprint density at radius 3 is 2.40 bits per heavy atom. The van der Waals surface area contributed by atoms with Crippen LogP contribution in [-0.2, 0) is 15.9 Å². The average molecular weight is 171 g/mol. The maximum absolute atomic E-state index is 3.04. The van der Waals surface area contributed by atoms with Gasteiger partial charge < -0.3 is 0 Å². The van der Waals surface area contributed by atoms with Gasteiger partial charge in [-0.15, -0.1) is 0 Å². The summed E-state index contributed by atoms with van der Waals surface area (Å²) in [4.78, 5) is 0. The molecule has 0 spiro atoms. The van der Waals surface area contributed by atoms with E-state index in [1.807, 2.05) is 25.2 Å². The first-order valence-electron chi connectivity index (χ1n) is 3.11. The van der Waals surface area contributed by atoms with Gasteiger partial charge in [-0.25, -0.2) is 0 Å². The Balaban J connectivity index is 2.85. The zero-order valence-corrected chi connectivity index (χ0v) is 7.07. The van der Waals surface area contributed by atoms with E-state index in [1.54, 1.807) is 0 Å². The molecule has 0 unspecified atom stereocenters. The fourth-order valence-corrected chi connectivity index (χ4v) is 0.946. The van der Waals surface area contributed by atoms with E-state index in [1.165, 1.54) is 5.56 Å². The molecule has 0 fully saturated rings. The molecule has 1 aromatic carbocycles. The predicted octanol–water partition coefficient (Wildman–Crippen LogP) is 0.931. The minimum absolute atomic E-state index is 1.08. The Labute approximate surface area is 69.0 Å². The van der Waals surface area contributed by atoms with Gasteiger partial charge >= 0.3 is 68.6 Å². The quantitative estimate of drug-likeness (QED) is 0.698. The van der Waals surface area contributed by atoms with Crippen LogP contribution in [0, 0.1) is 0 Å². The van der Waals surface area contributed by atoms with Gasteiger partial charge in [0, 0.05) is 0 Å².